The van der Waals surface area contributed by atoms with Gasteiger partial charge in [0, 0.05) is 25.7 Å². The molecule has 5 heteroatoms. The van der Waals surface area contributed by atoms with E-state index in [2.05, 4.69) is 64.8 Å². The van der Waals surface area contributed by atoms with E-state index < -0.39 is 0 Å². The van der Waals surface area contributed by atoms with Crippen LogP contribution < -0.4 is 19.5 Å². The van der Waals surface area contributed by atoms with Crippen molar-refractivity contribution in [3.05, 3.63) is 65.7 Å². The molecule has 4 rings (SSSR count). The number of methoxy groups -OCH3 is 3. The van der Waals surface area contributed by atoms with Gasteiger partial charge in [-0.3, -0.25) is 4.90 Å². The zero-order valence-corrected chi connectivity index (χ0v) is 19.4. The molecule has 170 valence electrons. The minimum Gasteiger partial charge on any atom is -0.493 e. The summed E-state index contributed by atoms with van der Waals surface area (Å²) in [5.41, 5.74) is 2.65. The molecule has 3 aromatic carbocycles. The highest BCUT2D eigenvalue weighted by atomic mass is 16.5. The minimum absolute atomic E-state index is 0.509. The fourth-order valence-corrected chi connectivity index (χ4v) is 4.79. The molecule has 1 atom stereocenters. The van der Waals surface area contributed by atoms with Gasteiger partial charge in [-0.25, -0.2) is 0 Å². The van der Waals surface area contributed by atoms with Gasteiger partial charge in [-0.2, -0.15) is 0 Å². The number of nitrogens with one attached hydrogen (secondary N) is 1. The molecule has 32 heavy (non-hydrogen) atoms. The number of hydrogen-bond acceptors (Lipinski definition) is 5. The van der Waals surface area contributed by atoms with Crippen molar-refractivity contribution in [2.75, 3.05) is 47.5 Å². The number of rotatable bonds is 9. The van der Waals surface area contributed by atoms with E-state index in [0.717, 1.165) is 56.9 Å². The Morgan fingerprint density at radius 2 is 1.69 bits per heavy atom. The van der Waals surface area contributed by atoms with Gasteiger partial charge in [-0.1, -0.05) is 42.5 Å². The van der Waals surface area contributed by atoms with E-state index in [1.165, 1.54) is 21.9 Å². The average molecular weight is 435 g/mol. The fourth-order valence-electron chi connectivity index (χ4n) is 4.79. The summed E-state index contributed by atoms with van der Waals surface area (Å²) in [4.78, 5) is 2.65. The van der Waals surface area contributed by atoms with Gasteiger partial charge in [0.05, 0.1) is 21.3 Å². The van der Waals surface area contributed by atoms with Gasteiger partial charge < -0.3 is 19.5 Å². The van der Waals surface area contributed by atoms with Crippen LogP contribution in [-0.2, 0) is 12.8 Å². The summed E-state index contributed by atoms with van der Waals surface area (Å²) in [5.74, 6) is 2.09. The molecule has 0 aliphatic carbocycles. The van der Waals surface area contributed by atoms with Crippen LogP contribution in [0.2, 0.25) is 0 Å². The van der Waals surface area contributed by atoms with Crippen LogP contribution in [0.25, 0.3) is 10.8 Å². The van der Waals surface area contributed by atoms with Gasteiger partial charge in [0.1, 0.15) is 0 Å². The van der Waals surface area contributed by atoms with Crippen LogP contribution in [0.1, 0.15) is 17.5 Å². The van der Waals surface area contributed by atoms with Crippen LogP contribution in [-0.4, -0.2) is 58.5 Å². The predicted octanol–water partition coefficient (Wildman–Crippen LogP) is 4.31. The molecular weight excluding hydrogens is 400 g/mol. The fraction of sp³-hybridized carbons (Fsp3) is 0.407. The first-order valence-corrected chi connectivity index (χ1v) is 11.4. The van der Waals surface area contributed by atoms with Crippen LogP contribution in [0.4, 0.5) is 0 Å². The Kier molecular flexibility index (Phi) is 7.51. The van der Waals surface area contributed by atoms with Crippen molar-refractivity contribution in [1.82, 2.24) is 10.2 Å². The predicted molar refractivity (Wildman–Crippen MR) is 130 cm³/mol. The zero-order chi connectivity index (χ0) is 22.3. The van der Waals surface area contributed by atoms with E-state index in [-0.39, 0.29) is 0 Å². The highest BCUT2D eigenvalue weighted by Crippen LogP contribution is 2.38. The van der Waals surface area contributed by atoms with E-state index in [0.29, 0.717) is 11.8 Å². The van der Waals surface area contributed by atoms with E-state index in [1.807, 2.05) is 0 Å². The topological polar surface area (TPSA) is 43.0 Å². The van der Waals surface area contributed by atoms with Crippen molar-refractivity contribution in [2.24, 2.45) is 0 Å². The molecule has 1 saturated heterocycles. The maximum atomic E-state index is 5.51. The van der Waals surface area contributed by atoms with Gasteiger partial charge in [0.2, 0.25) is 5.75 Å². The largest absolute Gasteiger partial charge is 0.493 e. The normalized spacial score (nSPS) is 16.8. The first-order chi connectivity index (χ1) is 15.7. The molecule has 0 spiro atoms. The van der Waals surface area contributed by atoms with E-state index >= 15 is 0 Å². The van der Waals surface area contributed by atoms with Gasteiger partial charge in [-0.05, 0) is 59.8 Å². The lowest BCUT2D eigenvalue weighted by molar-refractivity contribution is 0.159. The smallest absolute Gasteiger partial charge is 0.203 e. The van der Waals surface area contributed by atoms with Crippen molar-refractivity contribution < 1.29 is 14.2 Å². The molecule has 0 bridgehead atoms. The van der Waals surface area contributed by atoms with Crippen LogP contribution in [0, 0.1) is 0 Å². The summed E-state index contributed by atoms with van der Waals surface area (Å²) >= 11 is 0. The molecule has 0 aromatic heterocycles. The Balaban J connectivity index is 1.42. The summed E-state index contributed by atoms with van der Waals surface area (Å²) < 4.78 is 16.5. The van der Waals surface area contributed by atoms with Crippen molar-refractivity contribution in [3.63, 3.8) is 0 Å². The first kappa shape index (κ1) is 22.4. The van der Waals surface area contributed by atoms with Gasteiger partial charge in [-0.15, -0.1) is 0 Å². The summed E-state index contributed by atoms with van der Waals surface area (Å²) in [6.07, 6.45) is 3.13. The van der Waals surface area contributed by atoms with Crippen molar-refractivity contribution in [2.45, 2.75) is 25.3 Å². The minimum atomic E-state index is 0.509. The number of fused-ring (bicyclic) bond motifs is 1. The zero-order valence-electron chi connectivity index (χ0n) is 19.4. The number of nitrogens with zero attached hydrogens (tertiary/aromatic N) is 1. The molecule has 3 aromatic rings. The number of piperazine rings is 1. The first-order valence-electron chi connectivity index (χ1n) is 11.4. The van der Waals surface area contributed by atoms with E-state index in [4.69, 9.17) is 14.2 Å². The molecule has 1 aliphatic heterocycles. The highest BCUT2D eigenvalue weighted by Gasteiger charge is 2.23. The van der Waals surface area contributed by atoms with Crippen molar-refractivity contribution >= 4 is 10.8 Å². The monoisotopic (exact) mass is 434 g/mol. The summed E-state index contributed by atoms with van der Waals surface area (Å²) in [6, 6.07) is 20.0. The molecule has 1 fully saturated rings. The second-order valence-corrected chi connectivity index (χ2v) is 8.37. The Morgan fingerprint density at radius 1 is 0.938 bits per heavy atom. The second kappa shape index (κ2) is 10.7. The Labute approximate surface area is 191 Å². The molecule has 1 aliphatic rings. The lowest BCUT2D eigenvalue weighted by Gasteiger charge is -2.36. The number of aryl methyl sites for hydroxylation is 1. The maximum Gasteiger partial charge on any atom is 0.203 e. The lowest BCUT2D eigenvalue weighted by Crippen LogP contribution is -2.52. The average Bonchev–Trinajstić information content (AvgIpc) is 2.84. The Morgan fingerprint density at radius 3 is 2.44 bits per heavy atom. The van der Waals surface area contributed by atoms with Gasteiger partial charge in [0.25, 0.3) is 0 Å². The molecule has 0 saturated carbocycles. The summed E-state index contributed by atoms with van der Waals surface area (Å²) in [5, 5.41) is 6.29. The molecule has 1 heterocycles. The molecule has 0 amide bonds. The van der Waals surface area contributed by atoms with Gasteiger partial charge >= 0.3 is 0 Å². The van der Waals surface area contributed by atoms with Crippen molar-refractivity contribution in [3.8, 4) is 17.2 Å². The SMILES string of the molecule is COc1cc(CCCN2CCNC[C@H]2Cc2cccc3ccccc23)cc(OC)c1OC. The third-order valence-corrected chi connectivity index (χ3v) is 6.44. The third kappa shape index (κ3) is 5.00. The summed E-state index contributed by atoms with van der Waals surface area (Å²) in [6.45, 7) is 4.25. The second-order valence-electron chi connectivity index (χ2n) is 8.37. The Bertz CT molecular complexity index is 1010. The van der Waals surface area contributed by atoms with Crippen LogP contribution >= 0.6 is 0 Å². The number of hydrogen-bond donors (Lipinski definition) is 1. The number of benzene rings is 3. The number of ether oxygens (including phenoxy) is 3. The lowest BCUT2D eigenvalue weighted by atomic mass is 9.97. The molecule has 1 N–H and O–H groups in total. The van der Waals surface area contributed by atoms with Crippen LogP contribution in [0.15, 0.2) is 54.6 Å². The van der Waals surface area contributed by atoms with Crippen LogP contribution in [0.3, 0.4) is 0 Å². The summed E-state index contributed by atoms with van der Waals surface area (Å²) in [7, 11) is 4.97. The maximum absolute atomic E-state index is 5.51. The van der Waals surface area contributed by atoms with E-state index in [1.54, 1.807) is 21.3 Å². The van der Waals surface area contributed by atoms with E-state index in [9.17, 15) is 0 Å². The Hall–Kier alpha value is -2.76. The van der Waals surface area contributed by atoms with Gasteiger partial charge in [0.15, 0.2) is 11.5 Å². The molecule has 5 nitrogen and oxygen atoms in total. The highest BCUT2D eigenvalue weighted by molar-refractivity contribution is 5.85. The van der Waals surface area contributed by atoms with Crippen LogP contribution in [0.5, 0.6) is 17.2 Å². The molecular formula is C27H34N2O3. The third-order valence-electron chi connectivity index (χ3n) is 6.44. The quantitative estimate of drug-likeness (QED) is 0.544. The molecule has 0 radical (unpaired) electrons. The standard InChI is InChI=1S/C27H34N2O3/c1-30-25-16-20(17-26(31-2)27(25)32-3)8-7-14-29-15-13-28-19-23(29)18-22-11-6-10-21-9-4-5-12-24(21)22/h4-6,9-12,16-17,23,28H,7-8,13-15,18-19H2,1-3H3/t23-/m1/s1. The van der Waals surface area contributed by atoms with Crippen molar-refractivity contribution in [1.29, 1.82) is 0 Å². The molecule has 0 unspecified atom stereocenters.